The van der Waals surface area contributed by atoms with E-state index in [9.17, 15) is 0 Å². The van der Waals surface area contributed by atoms with Crippen LogP contribution in [0.15, 0.2) is 11.6 Å². The molecule has 0 saturated carbocycles. The predicted molar refractivity (Wildman–Crippen MR) is 75.3 cm³/mol. The van der Waals surface area contributed by atoms with Crippen LogP contribution in [-0.2, 0) is 6.54 Å². The van der Waals surface area contributed by atoms with Crippen molar-refractivity contribution in [3.05, 3.63) is 33.1 Å². The molecule has 2 heterocycles. The van der Waals surface area contributed by atoms with Crippen LogP contribution in [0.4, 0.5) is 5.82 Å². The quantitative estimate of drug-likeness (QED) is 0.870. The molecule has 0 aliphatic rings. The highest BCUT2D eigenvalue weighted by Gasteiger charge is 2.11. The lowest BCUT2D eigenvalue weighted by Crippen LogP contribution is -2.08. The third-order valence-electron chi connectivity index (χ3n) is 2.51. The van der Waals surface area contributed by atoms with Crippen LogP contribution in [0.3, 0.4) is 0 Å². The van der Waals surface area contributed by atoms with Crippen LogP contribution in [-0.4, -0.2) is 15.0 Å². The highest BCUT2D eigenvalue weighted by molar-refractivity contribution is 7.09. The van der Waals surface area contributed by atoms with Crippen LogP contribution < -0.4 is 5.32 Å². The molecule has 96 valence electrons. The van der Waals surface area contributed by atoms with Crippen LogP contribution in [0.5, 0.6) is 0 Å². The minimum Gasteiger partial charge on any atom is -0.363 e. The lowest BCUT2D eigenvalue weighted by molar-refractivity contribution is 0.771. The van der Waals surface area contributed by atoms with Crippen LogP contribution in [0.2, 0.25) is 5.15 Å². The van der Waals surface area contributed by atoms with E-state index in [1.807, 2.05) is 26.2 Å². The van der Waals surface area contributed by atoms with Gasteiger partial charge in [0.1, 0.15) is 21.8 Å². The van der Waals surface area contributed by atoms with Crippen molar-refractivity contribution in [1.82, 2.24) is 15.0 Å². The Bertz CT molecular complexity index is 525. The maximum absolute atomic E-state index is 6.12. The molecule has 0 amide bonds. The molecular formula is C12H15ClN4S. The number of hydrogen-bond acceptors (Lipinski definition) is 5. The summed E-state index contributed by atoms with van der Waals surface area (Å²) in [4.78, 5) is 13.0. The number of nitrogens with one attached hydrogen (secondary N) is 1. The molecule has 2 rings (SSSR count). The number of anilines is 1. The normalized spacial score (nSPS) is 10.9. The second-order valence-corrected chi connectivity index (χ2v) is 5.62. The first-order valence-electron chi connectivity index (χ1n) is 5.74. The van der Waals surface area contributed by atoms with Gasteiger partial charge in [0.2, 0.25) is 0 Å². The molecule has 0 fully saturated rings. The standard InChI is InChI=1S/C12H15ClN4S/c1-7(2)11-16-10(13)8(3)12(17-11)15-6-9-14-4-5-18-9/h4-5,7H,6H2,1-3H3,(H,15,16,17). The van der Waals surface area contributed by atoms with Crippen LogP contribution in [0.1, 0.15) is 36.2 Å². The van der Waals surface area contributed by atoms with Crippen molar-refractivity contribution in [2.75, 3.05) is 5.32 Å². The van der Waals surface area contributed by atoms with Gasteiger partial charge in [0.15, 0.2) is 0 Å². The van der Waals surface area contributed by atoms with Gasteiger partial charge in [0, 0.05) is 23.1 Å². The zero-order chi connectivity index (χ0) is 13.1. The maximum Gasteiger partial charge on any atom is 0.137 e. The van der Waals surface area contributed by atoms with E-state index < -0.39 is 0 Å². The molecule has 2 aromatic rings. The summed E-state index contributed by atoms with van der Waals surface area (Å²) in [5.74, 6) is 1.80. The molecule has 6 heteroatoms. The van der Waals surface area contributed by atoms with Crippen LogP contribution in [0.25, 0.3) is 0 Å². The number of aromatic nitrogens is 3. The second kappa shape index (κ2) is 5.63. The molecule has 0 aromatic carbocycles. The molecule has 0 aliphatic carbocycles. The van der Waals surface area contributed by atoms with E-state index in [1.54, 1.807) is 17.5 Å². The zero-order valence-electron chi connectivity index (χ0n) is 10.6. The first-order valence-corrected chi connectivity index (χ1v) is 7.00. The van der Waals surface area contributed by atoms with Crippen molar-refractivity contribution in [3.63, 3.8) is 0 Å². The van der Waals surface area contributed by atoms with E-state index >= 15 is 0 Å². The average molecular weight is 283 g/mol. The third-order valence-corrected chi connectivity index (χ3v) is 3.66. The molecule has 0 aliphatic heterocycles. The summed E-state index contributed by atoms with van der Waals surface area (Å²) < 4.78 is 0. The molecule has 2 aromatic heterocycles. The minimum atomic E-state index is 0.253. The van der Waals surface area contributed by atoms with Gasteiger partial charge in [-0.15, -0.1) is 11.3 Å². The number of rotatable bonds is 4. The van der Waals surface area contributed by atoms with E-state index in [-0.39, 0.29) is 5.92 Å². The smallest absolute Gasteiger partial charge is 0.137 e. The topological polar surface area (TPSA) is 50.7 Å². The van der Waals surface area contributed by atoms with Gasteiger partial charge >= 0.3 is 0 Å². The fourth-order valence-electron chi connectivity index (χ4n) is 1.44. The summed E-state index contributed by atoms with van der Waals surface area (Å²) in [5, 5.41) is 6.75. The lowest BCUT2D eigenvalue weighted by Gasteiger charge is -2.12. The molecule has 0 spiro atoms. The highest BCUT2D eigenvalue weighted by Crippen LogP contribution is 2.23. The third kappa shape index (κ3) is 2.97. The SMILES string of the molecule is Cc1c(Cl)nc(C(C)C)nc1NCc1nccs1. The van der Waals surface area contributed by atoms with Crippen LogP contribution in [0, 0.1) is 6.92 Å². The number of nitrogens with zero attached hydrogens (tertiary/aromatic N) is 3. The molecule has 1 N–H and O–H groups in total. The molecule has 0 radical (unpaired) electrons. The average Bonchev–Trinajstić information content (AvgIpc) is 2.83. The molecule has 0 saturated heterocycles. The van der Waals surface area contributed by atoms with Crippen molar-refractivity contribution in [2.45, 2.75) is 33.2 Å². The second-order valence-electron chi connectivity index (χ2n) is 4.28. The Kier molecular flexibility index (Phi) is 4.14. The van der Waals surface area contributed by atoms with E-state index in [2.05, 4.69) is 20.3 Å². The van der Waals surface area contributed by atoms with E-state index in [1.165, 1.54) is 0 Å². The summed E-state index contributed by atoms with van der Waals surface area (Å²) >= 11 is 7.73. The minimum absolute atomic E-state index is 0.253. The summed E-state index contributed by atoms with van der Waals surface area (Å²) in [7, 11) is 0. The number of halogens is 1. The van der Waals surface area contributed by atoms with Gasteiger partial charge in [-0.1, -0.05) is 25.4 Å². The molecule has 0 bridgehead atoms. The first-order chi connectivity index (χ1) is 8.58. The fourth-order valence-corrected chi connectivity index (χ4v) is 2.17. The molecule has 0 atom stereocenters. The van der Waals surface area contributed by atoms with Gasteiger partial charge in [-0.25, -0.2) is 15.0 Å². The summed E-state index contributed by atoms with van der Waals surface area (Å²) in [6, 6.07) is 0. The van der Waals surface area contributed by atoms with Gasteiger partial charge in [0.25, 0.3) is 0 Å². The summed E-state index contributed by atoms with van der Waals surface area (Å²) in [6.45, 7) is 6.66. The van der Waals surface area contributed by atoms with Gasteiger partial charge in [-0.05, 0) is 6.92 Å². The predicted octanol–water partition coefficient (Wildman–Crippen LogP) is 3.63. The van der Waals surface area contributed by atoms with E-state index in [0.29, 0.717) is 11.7 Å². The molecule has 0 unspecified atom stereocenters. The lowest BCUT2D eigenvalue weighted by atomic mass is 10.2. The van der Waals surface area contributed by atoms with Crippen molar-refractivity contribution in [2.24, 2.45) is 0 Å². The Labute approximate surface area is 115 Å². The van der Waals surface area contributed by atoms with E-state index in [4.69, 9.17) is 11.6 Å². The van der Waals surface area contributed by atoms with E-state index in [0.717, 1.165) is 22.2 Å². The molecule has 18 heavy (non-hydrogen) atoms. The Morgan fingerprint density at radius 1 is 1.39 bits per heavy atom. The first kappa shape index (κ1) is 13.2. The van der Waals surface area contributed by atoms with Crippen LogP contribution >= 0.6 is 22.9 Å². The Hall–Kier alpha value is -1.20. The van der Waals surface area contributed by atoms with Gasteiger partial charge in [0.05, 0.1) is 6.54 Å². The summed E-state index contributed by atoms with van der Waals surface area (Å²) in [6.07, 6.45) is 1.79. The Morgan fingerprint density at radius 3 is 2.78 bits per heavy atom. The van der Waals surface area contributed by atoms with Crippen molar-refractivity contribution < 1.29 is 0 Å². The molecule has 4 nitrogen and oxygen atoms in total. The number of thiazole rings is 1. The fraction of sp³-hybridized carbons (Fsp3) is 0.417. The maximum atomic E-state index is 6.12. The number of hydrogen-bond donors (Lipinski definition) is 1. The zero-order valence-corrected chi connectivity index (χ0v) is 12.1. The van der Waals surface area contributed by atoms with Gasteiger partial charge in [-0.3, -0.25) is 0 Å². The highest BCUT2D eigenvalue weighted by atomic mass is 35.5. The van der Waals surface area contributed by atoms with Crippen molar-refractivity contribution in [3.8, 4) is 0 Å². The Balaban J connectivity index is 2.20. The van der Waals surface area contributed by atoms with Gasteiger partial charge < -0.3 is 5.32 Å². The van der Waals surface area contributed by atoms with Gasteiger partial charge in [-0.2, -0.15) is 0 Å². The van der Waals surface area contributed by atoms with Crippen molar-refractivity contribution in [1.29, 1.82) is 0 Å². The van der Waals surface area contributed by atoms with Crippen molar-refractivity contribution >= 4 is 28.8 Å². The Morgan fingerprint density at radius 2 is 2.17 bits per heavy atom. The largest absolute Gasteiger partial charge is 0.363 e. The summed E-state index contributed by atoms with van der Waals surface area (Å²) in [5.41, 5.74) is 0.873. The monoisotopic (exact) mass is 282 g/mol. The molecular weight excluding hydrogens is 268 g/mol.